The fourth-order valence-corrected chi connectivity index (χ4v) is 2.54. The smallest absolute Gasteiger partial charge is 0.410 e. The van der Waals surface area contributed by atoms with Gasteiger partial charge in [0.15, 0.2) is 0 Å². The normalized spacial score (nSPS) is 16.7. The van der Waals surface area contributed by atoms with Crippen LogP contribution in [0, 0.1) is 0 Å². The summed E-state index contributed by atoms with van der Waals surface area (Å²) in [6.07, 6.45) is 5.35. The van der Waals surface area contributed by atoms with Crippen molar-refractivity contribution in [1.82, 2.24) is 9.88 Å². The number of anilines is 1. The topological polar surface area (TPSA) is 45.7 Å². The lowest BCUT2D eigenvalue weighted by Crippen LogP contribution is -2.47. The third-order valence-corrected chi connectivity index (χ3v) is 3.72. The van der Waals surface area contributed by atoms with Crippen LogP contribution in [0.2, 0.25) is 0 Å². The van der Waals surface area contributed by atoms with Gasteiger partial charge in [-0.2, -0.15) is 0 Å². The number of piperidine rings is 1. The molecule has 0 atom stereocenters. The van der Waals surface area contributed by atoms with Gasteiger partial charge in [-0.25, -0.2) is 4.79 Å². The maximum absolute atomic E-state index is 12.0. The standard InChI is InChI=1S/C16H25N3O2/c1-16(2,3)21-15(20)19-10-7-13(8-11-19)18(4)14-6-5-9-17-12-14/h5-6,9,12-13H,7-8,10-11H2,1-4H3. The van der Waals surface area contributed by atoms with Crippen molar-refractivity contribution in [2.24, 2.45) is 0 Å². The second kappa shape index (κ2) is 6.33. The van der Waals surface area contributed by atoms with E-state index in [0.29, 0.717) is 6.04 Å². The maximum atomic E-state index is 12.0. The highest BCUT2D eigenvalue weighted by atomic mass is 16.6. The Morgan fingerprint density at radius 2 is 2.05 bits per heavy atom. The van der Waals surface area contributed by atoms with Gasteiger partial charge in [-0.3, -0.25) is 4.98 Å². The fourth-order valence-electron chi connectivity index (χ4n) is 2.54. The Morgan fingerprint density at radius 1 is 1.38 bits per heavy atom. The van der Waals surface area contributed by atoms with Crippen LogP contribution in [0.5, 0.6) is 0 Å². The summed E-state index contributed by atoms with van der Waals surface area (Å²) in [6, 6.07) is 4.45. The van der Waals surface area contributed by atoms with Crippen LogP contribution in [0.1, 0.15) is 33.6 Å². The quantitative estimate of drug-likeness (QED) is 0.840. The van der Waals surface area contributed by atoms with Gasteiger partial charge in [0.2, 0.25) is 0 Å². The highest BCUT2D eigenvalue weighted by molar-refractivity contribution is 5.68. The van der Waals surface area contributed by atoms with E-state index >= 15 is 0 Å². The molecule has 0 saturated carbocycles. The Balaban J connectivity index is 1.87. The van der Waals surface area contributed by atoms with E-state index in [9.17, 15) is 4.79 Å². The molecule has 5 heteroatoms. The first-order valence-corrected chi connectivity index (χ1v) is 7.47. The minimum absolute atomic E-state index is 0.204. The van der Waals surface area contributed by atoms with Crippen molar-refractivity contribution < 1.29 is 9.53 Å². The van der Waals surface area contributed by atoms with Crippen LogP contribution in [0.25, 0.3) is 0 Å². The number of carbonyl (C=O) groups is 1. The third-order valence-electron chi connectivity index (χ3n) is 3.72. The molecular formula is C16H25N3O2. The molecule has 1 amide bonds. The lowest BCUT2D eigenvalue weighted by atomic mass is 10.0. The van der Waals surface area contributed by atoms with E-state index in [1.54, 1.807) is 11.1 Å². The third kappa shape index (κ3) is 4.34. The van der Waals surface area contributed by atoms with Crippen LogP contribution >= 0.6 is 0 Å². The first kappa shape index (κ1) is 15.6. The Labute approximate surface area is 126 Å². The van der Waals surface area contributed by atoms with Gasteiger partial charge in [-0.05, 0) is 45.7 Å². The van der Waals surface area contributed by atoms with Gasteiger partial charge in [0.05, 0.1) is 11.9 Å². The molecule has 116 valence electrons. The molecule has 5 nitrogen and oxygen atoms in total. The van der Waals surface area contributed by atoms with Crippen LogP contribution in [0.4, 0.5) is 10.5 Å². The number of nitrogens with zero attached hydrogens (tertiary/aromatic N) is 3. The first-order chi connectivity index (χ1) is 9.87. The number of hydrogen-bond donors (Lipinski definition) is 0. The molecule has 0 N–H and O–H groups in total. The highest BCUT2D eigenvalue weighted by Gasteiger charge is 2.28. The fraction of sp³-hybridized carbons (Fsp3) is 0.625. The van der Waals surface area contributed by atoms with Gasteiger partial charge >= 0.3 is 6.09 Å². The van der Waals surface area contributed by atoms with Crippen LogP contribution in [-0.2, 0) is 4.74 Å². The predicted molar refractivity (Wildman–Crippen MR) is 83.5 cm³/mol. The lowest BCUT2D eigenvalue weighted by molar-refractivity contribution is 0.0205. The van der Waals surface area contributed by atoms with Crippen LogP contribution in [0.3, 0.4) is 0 Å². The molecular weight excluding hydrogens is 266 g/mol. The van der Waals surface area contributed by atoms with Crippen LogP contribution in [-0.4, -0.2) is 47.8 Å². The summed E-state index contributed by atoms with van der Waals surface area (Å²) in [5.74, 6) is 0. The summed E-state index contributed by atoms with van der Waals surface area (Å²) in [7, 11) is 2.09. The molecule has 1 aliphatic rings. The van der Waals surface area contributed by atoms with E-state index in [2.05, 4.69) is 23.0 Å². The largest absolute Gasteiger partial charge is 0.444 e. The van der Waals surface area contributed by atoms with Crippen molar-refractivity contribution in [2.75, 3.05) is 25.0 Å². The van der Waals surface area contributed by atoms with Crippen molar-refractivity contribution >= 4 is 11.8 Å². The first-order valence-electron chi connectivity index (χ1n) is 7.47. The average Bonchev–Trinajstić information content (AvgIpc) is 2.46. The summed E-state index contributed by atoms with van der Waals surface area (Å²) in [4.78, 5) is 20.3. The molecule has 1 saturated heterocycles. The number of likely N-dealkylation sites (tertiary alicyclic amines) is 1. The van der Waals surface area contributed by atoms with Gasteiger partial charge in [0.1, 0.15) is 5.60 Å². The summed E-state index contributed by atoms with van der Waals surface area (Å²) in [5, 5.41) is 0. The molecule has 1 aromatic heterocycles. The molecule has 2 heterocycles. The minimum Gasteiger partial charge on any atom is -0.444 e. The zero-order valence-corrected chi connectivity index (χ0v) is 13.4. The zero-order valence-electron chi connectivity index (χ0n) is 13.4. The van der Waals surface area contributed by atoms with E-state index < -0.39 is 5.60 Å². The van der Waals surface area contributed by atoms with Gasteiger partial charge in [0, 0.05) is 32.4 Å². The zero-order chi connectivity index (χ0) is 15.5. The molecule has 0 radical (unpaired) electrons. The van der Waals surface area contributed by atoms with Gasteiger partial charge < -0.3 is 14.5 Å². The Kier molecular flexibility index (Phi) is 4.70. The summed E-state index contributed by atoms with van der Waals surface area (Å²) < 4.78 is 5.42. The summed E-state index contributed by atoms with van der Waals surface area (Å²) in [5.41, 5.74) is 0.689. The number of rotatable bonds is 2. The molecule has 1 aliphatic heterocycles. The molecule has 1 aromatic rings. The van der Waals surface area contributed by atoms with E-state index in [1.165, 1.54) is 0 Å². The molecule has 21 heavy (non-hydrogen) atoms. The van der Waals surface area contributed by atoms with Crippen molar-refractivity contribution in [1.29, 1.82) is 0 Å². The number of aromatic nitrogens is 1. The second-order valence-corrected chi connectivity index (χ2v) is 6.52. The average molecular weight is 291 g/mol. The maximum Gasteiger partial charge on any atom is 0.410 e. The molecule has 2 rings (SSSR count). The SMILES string of the molecule is CN(c1cccnc1)C1CCN(C(=O)OC(C)(C)C)CC1. The highest BCUT2D eigenvalue weighted by Crippen LogP contribution is 2.22. The van der Waals surface area contributed by atoms with E-state index in [1.807, 2.05) is 33.0 Å². The van der Waals surface area contributed by atoms with Crippen molar-refractivity contribution in [3.05, 3.63) is 24.5 Å². The van der Waals surface area contributed by atoms with Crippen molar-refractivity contribution in [3.8, 4) is 0 Å². The molecule has 0 bridgehead atoms. The van der Waals surface area contributed by atoms with Crippen LogP contribution in [0.15, 0.2) is 24.5 Å². The monoisotopic (exact) mass is 291 g/mol. The molecule has 0 aliphatic carbocycles. The predicted octanol–water partition coefficient (Wildman–Crippen LogP) is 2.92. The minimum atomic E-state index is -0.430. The number of ether oxygens (including phenoxy) is 1. The van der Waals surface area contributed by atoms with Crippen LogP contribution < -0.4 is 4.90 Å². The number of hydrogen-bond acceptors (Lipinski definition) is 4. The van der Waals surface area contributed by atoms with Gasteiger partial charge in [-0.1, -0.05) is 0 Å². The molecule has 0 aromatic carbocycles. The number of carbonyl (C=O) groups excluding carboxylic acids is 1. The Morgan fingerprint density at radius 3 is 2.57 bits per heavy atom. The van der Waals surface area contributed by atoms with E-state index in [4.69, 9.17) is 4.74 Å². The van der Waals surface area contributed by atoms with E-state index in [-0.39, 0.29) is 6.09 Å². The van der Waals surface area contributed by atoms with Crippen molar-refractivity contribution in [2.45, 2.75) is 45.3 Å². The molecule has 0 spiro atoms. The Hall–Kier alpha value is -1.78. The summed E-state index contributed by atoms with van der Waals surface area (Å²) in [6.45, 7) is 7.17. The molecule has 1 fully saturated rings. The number of amides is 1. The van der Waals surface area contributed by atoms with Gasteiger partial charge in [-0.15, -0.1) is 0 Å². The second-order valence-electron chi connectivity index (χ2n) is 6.52. The van der Waals surface area contributed by atoms with E-state index in [0.717, 1.165) is 31.6 Å². The van der Waals surface area contributed by atoms with Gasteiger partial charge in [0.25, 0.3) is 0 Å². The Bertz CT molecular complexity index is 462. The lowest BCUT2D eigenvalue weighted by Gasteiger charge is -2.38. The number of pyridine rings is 1. The summed E-state index contributed by atoms with van der Waals surface area (Å²) >= 11 is 0. The molecule has 0 unspecified atom stereocenters. The van der Waals surface area contributed by atoms with Crippen molar-refractivity contribution in [3.63, 3.8) is 0 Å².